The molecular formula is C18H19ClN2O3S. The van der Waals surface area contributed by atoms with Crippen LogP contribution in [0.3, 0.4) is 0 Å². The lowest BCUT2D eigenvalue weighted by Crippen LogP contribution is -2.42. The number of hydrogen-bond donors (Lipinski definition) is 2. The second-order valence-corrected chi connectivity index (χ2v) is 6.68. The molecule has 0 bridgehead atoms. The summed E-state index contributed by atoms with van der Waals surface area (Å²) in [5.74, 6) is 0.449. The molecule has 0 saturated heterocycles. The summed E-state index contributed by atoms with van der Waals surface area (Å²) < 4.78 is 5.14. The van der Waals surface area contributed by atoms with E-state index >= 15 is 0 Å². The van der Waals surface area contributed by atoms with Crippen LogP contribution in [-0.2, 0) is 16.0 Å². The summed E-state index contributed by atoms with van der Waals surface area (Å²) >= 11 is 7.17. The fourth-order valence-electron chi connectivity index (χ4n) is 2.00. The summed E-state index contributed by atoms with van der Waals surface area (Å²) in [6.45, 7) is 0. The molecule has 0 spiro atoms. The van der Waals surface area contributed by atoms with E-state index in [0.29, 0.717) is 11.4 Å². The van der Waals surface area contributed by atoms with E-state index in [1.54, 1.807) is 19.2 Å². The minimum Gasteiger partial charge on any atom is -0.497 e. The van der Waals surface area contributed by atoms with Gasteiger partial charge in [-0.3, -0.25) is 20.4 Å². The summed E-state index contributed by atoms with van der Waals surface area (Å²) in [6, 6.07) is 14.8. The molecule has 0 radical (unpaired) electrons. The SMILES string of the molecule is COc1cccc(CCC(=O)NNC(=O)CSc2ccc(Cl)cc2)c1. The second kappa shape index (κ2) is 9.96. The van der Waals surface area contributed by atoms with Gasteiger partial charge in [0.2, 0.25) is 11.8 Å². The number of hydrazine groups is 1. The maximum atomic E-state index is 11.8. The molecule has 132 valence electrons. The van der Waals surface area contributed by atoms with E-state index in [9.17, 15) is 9.59 Å². The predicted octanol–water partition coefficient (Wildman–Crippen LogP) is 3.22. The number of halogens is 1. The fraction of sp³-hybridized carbons (Fsp3) is 0.222. The minimum atomic E-state index is -0.269. The van der Waals surface area contributed by atoms with Crippen molar-refractivity contribution in [3.8, 4) is 5.75 Å². The van der Waals surface area contributed by atoms with Gasteiger partial charge in [-0.05, 0) is 48.4 Å². The molecule has 0 unspecified atom stereocenters. The Morgan fingerprint density at radius 3 is 2.52 bits per heavy atom. The molecule has 2 amide bonds. The van der Waals surface area contributed by atoms with Crippen LogP contribution in [0, 0.1) is 0 Å². The molecule has 7 heteroatoms. The van der Waals surface area contributed by atoms with Crippen LogP contribution in [0.25, 0.3) is 0 Å². The summed E-state index contributed by atoms with van der Waals surface area (Å²) in [4.78, 5) is 24.5. The zero-order chi connectivity index (χ0) is 18.1. The minimum absolute atomic E-state index is 0.206. The van der Waals surface area contributed by atoms with Crippen molar-refractivity contribution in [1.29, 1.82) is 0 Å². The van der Waals surface area contributed by atoms with Gasteiger partial charge in [0.1, 0.15) is 5.75 Å². The summed E-state index contributed by atoms with van der Waals surface area (Å²) in [7, 11) is 1.60. The Hall–Kier alpha value is -2.18. The van der Waals surface area contributed by atoms with Crippen molar-refractivity contribution in [2.45, 2.75) is 17.7 Å². The zero-order valence-corrected chi connectivity index (χ0v) is 15.3. The number of ether oxygens (including phenoxy) is 1. The van der Waals surface area contributed by atoms with Crippen molar-refractivity contribution in [2.24, 2.45) is 0 Å². The molecule has 0 heterocycles. The van der Waals surface area contributed by atoms with Gasteiger partial charge in [-0.1, -0.05) is 23.7 Å². The Labute approximate surface area is 156 Å². The highest BCUT2D eigenvalue weighted by atomic mass is 35.5. The number of carbonyl (C=O) groups excluding carboxylic acids is 2. The number of hydrogen-bond acceptors (Lipinski definition) is 4. The van der Waals surface area contributed by atoms with Gasteiger partial charge in [0.15, 0.2) is 0 Å². The van der Waals surface area contributed by atoms with E-state index in [0.717, 1.165) is 16.2 Å². The Balaban J connectivity index is 1.66. The molecule has 2 N–H and O–H groups in total. The number of benzene rings is 2. The number of carbonyl (C=O) groups is 2. The topological polar surface area (TPSA) is 67.4 Å². The summed E-state index contributed by atoms with van der Waals surface area (Å²) in [6.07, 6.45) is 0.843. The van der Waals surface area contributed by atoms with E-state index in [1.807, 2.05) is 36.4 Å². The lowest BCUT2D eigenvalue weighted by molar-refractivity contribution is -0.127. The Bertz CT molecular complexity index is 723. The van der Waals surface area contributed by atoms with Crippen LogP contribution in [0.5, 0.6) is 5.75 Å². The first-order valence-corrected chi connectivity index (χ1v) is 9.02. The van der Waals surface area contributed by atoms with Crippen molar-refractivity contribution in [3.05, 3.63) is 59.1 Å². The quantitative estimate of drug-likeness (QED) is 0.573. The van der Waals surface area contributed by atoms with Crippen molar-refractivity contribution in [2.75, 3.05) is 12.9 Å². The highest BCUT2D eigenvalue weighted by Crippen LogP contribution is 2.19. The van der Waals surface area contributed by atoms with Gasteiger partial charge in [-0.15, -0.1) is 11.8 Å². The van der Waals surface area contributed by atoms with E-state index in [2.05, 4.69) is 10.9 Å². The molecule has 0 aliphatic rings. The van der Waals surface area contributed by atoms with E-state index in [4.69, 9.17) is 16.3 Å². The molecule has 0 aliphatic heterocycles. The van der Waals surface area contributed by atoms with Gasteiger partial charge in [0.25, 0.3) is 0 Å². The third-order valence-electron chi connectivity index (χ3n) is 3.30. The Kier molecular flexibility index (Phi) is 7.63. The molecule has 0 aliphatic carbocycles. The highest BCUT2D eigenvalue weighted by Gasteiger charge is 2.06. The van der Waals surface area contributed by atoms with Crippen LogP contribution < -0.4 is 15.6 Å². The second-order valence-electron chi connectivity index (χ2n) is 5.19. The predicted molar refractivity (Wildman–Crippen MR) is 99.8 cm³/mol. The maximum Gasteiger partial charge on any atom is 0.248 e. The van der Waals surface area contributed by atoms with Crippen molar-refractivity contribution in [1.82, 2.24) is 10.9 Å². The van der Waals surface area contributed by atoms with Gasteiger partial charge in [0.05, 0.1) is 12.9 Å². The summed E-state index contributed by atoms with van der Waals surface area (Å²) in [5.41, 5.74) is 5.83. The van der Waals surface area contributed by atoms with E-state index in [-0.39, 0.29) is 24.0 Å². The van der Waals surface area contributed by atoms with Crippen LogP contribution in [0.2, 0.25) is 5.02 Å². The largest absolute Gasteiger partial charge is 0.497 e. The monoisotopic (exact) mass is 378 g/mol. The maximum absolute atomic E-state index is 11.8. The highest BCUT2D eigenvalue weighted by molar-refractivity contribution is 8.00. The molecule has 0 fully saturated rings. The number of amides is 2. The Morgan fingerprint density at radius 2 is 1.80 bits per heavy atom. The zero-order valence-electron chi connectivity index (χ0n) is 13.8. The molecule has 0 saturated carbocycles. The normalized spacial score (nSPS) is 10.2. The number of aryl methyl sites for hydroxylation is 1. The third kappa shape index (κ3) is 7.07. The van der Waals surface area contributed by atoms with Gasteiger partial charge in [0, 0.05) is 16.3 Å². The molecule has 0 aromatic heterocycles. The van der Waals surface area contributed by atoms with Gasteiger partial charge >= 0.3 is 0 Å². The van der Waals surface area contributed by atoms with E-state index < -0.39 is 0 Å². The standard InChI is InChI=1S/C18H19ClN2O3S/c1-24-15-4-2-3-13(11-15)5-10-17(22)20-21-18(23)12-25-16-8-6-14(19)7-9-16/h2-4,6-9,11H,5,10,12H2,1H3,(H,20,22)(H,21,23). The number of methoxy groups -OCH3 is 1. The van der Waals surface area contributed by atoms with Crippen LogP contribution in [-0.4, -0.2) is 24.7 Å². The number of rotatable bonds is 7. The first kappa shape index (κ1) is 19.1. The molecule has 2 aromatic rings. The molecule has 2 rings (SSSR count). The van der Waals surface area contributed by atoms with Crippen molar-refractivity contribution < 1.29 is 14.3 Å². The van der Waals surface area contributed by atoms with Crippen molar-refractivity contribution >= 4 is 35.2 Å². The van der Waals surface area contributed by atoms with Crippen LogP contribution in [0.4, 0.5) is 0 Å². The summed E-state index contributed by atoms with van der Waals surface area (Å²) in [5, 5.41) is 0.650. The van der Waals surface area contributed by atoms with Gasteiger partial charge in [-0.2, -0.15) is 0 Å². The van der Waals surface area contributed by atoms with Crippen molar-refractivity contribution in [3.63, 3.8) is 0 Å². The van der Waals surface area contributed by atoms with E-state index in [1.165, 1.54) is 11.8 Å². The van der Waals surface area contributed by atoms with Gasteiger partial charge < -0.3 is 4.74 Å². The Morgan fingerprint density at radius 1 is 1.08 bits per heavy atom. The smallest absolute Gasteiger partial charge is 0.248 e. The molecular weight excluding hydrogens is 360 g/mol. The fourth-order valence-corrected chi connectivity index (χ4v) is 2.83. The molecule has 25 heavy (non-hydrogen) atoms. The average Bonchev–Trinajstić information content (AvgIpc) is 2.64. The molecule has 2 aromatic carbocycles. The third-order valence-corrected chi connectivity index (χ3v) is 4.56. The molecule has 5 nitrogen and oxygen atoms in total. The number of thioether (sulfide) groups is 1. The first-order chi connectivity index (χ1) is 12.1. The molecule has 0 atom stereocenters. The average molecular weight is 379 g/mol. The van der Waals surface area contributed by atoms with Crippen LogP contribution in [0.1, 0.15) is 12.0 Å². The van der Waals surface area contributed by atoms with Gasteiger partial charge in [-0.25, -0.2) is 0 Å². The lowest BCUT2D eigenvalue weighted by atomic mass is 10.1. The number of nitrogens with one attached hydrogen (secondary N) is 2. The first-order valence-electron chi connectivity index (χ1n) is 7.66. The van der Waals surface area contributed by atoms with Crippen LogP contribution in [0.15, 0.2) is 53.4 Å². The lowest BCUT2D eigenvalue weighted by Gasteiger charge is -2.08. The van der Waals surface area contributed by atoms with Crippen LogP contribution >= 0.6 is 23.4 Å².